The predicted octanol–water partition coefficient (Wildman–Crippen LogP) is 2.17. The van der Waals surface area contributed by atoms with Gasteiger partial charge in [0.05, 0.1) is 24.6 Å². The van der Waals surface area contributed by atoms with Crippen molar-refractivity contribution in [3.63, 3.8) is 0 Å². The lowest BCUT2D eigenvalue weighted by Crippen LogP contribution is -2.31. The van der Waals surface area contributed by atoms with E-state index >= 15 is 0 Å². The molecule has 2 heterocycles. The molecule has 0 spiro atoms. The number of hydrogen-bond donors (Lipinski definition) is 1. The van der Waals surface area contributed by atoms with Gasteiger partial charge < -0.3 is 4.74 Å². The van der Waals surface area contributed by atoms with E-state index in [4.69, 9.17) is 10.1 Å². The molecule has 0 atom stereocenters. The molecular weight excluding hydrogens is 288 g/mol. The molecule has 2 aliphatic rings. The summed E-state index contributed by atoms with van der Waals surface area (Å²) in [5.41, 5.74) is 5.85. The molecule has 1 aliphatic heterocycles. The lowest BCUT2D eigenvalue weighted by atomic mass is 9.90. The smallest absolute Gasteiger partial charge is 0.165 e. The van der Waals surface area contributed by atoms with Crippen LogP contribution in [0.2, 0.25) is 0 Å². The number of ether oxygens (including phenoxy) is 1. The fourth-order valence-electron chi connectivity index (χ4n) is 3.61. The van der Waals surface area contributed by atoms with Crippen LogP contribution in [0.3, 0.4) is 0 Å². The SMILES string of the molecule is N#Cc1c2c(nn(-c3cccc4c3CCCC4)c1=N)COCC2. The van der Waals surface area contributed by atoms with Crippen LogP contribution in [-0.2, 0) is 30.6 Å². The molecule has 0 unspecified atom stereocenters. The second kappa shape index (κ2) is 5.64. The van der Waals surface area contributed by atoms with E-state index in [1.165, 1.54) is 17.5 Å². The second-order valence-corrected chi connectivity index (χ2v) is 6.10. The van der Waals surface area contributed by atoms with Crippen molar-refractivity contribution in [2.75, 3.05) is 6.61 Å². The number of nitrogens with one attached hydrogen (secondary N) is 1. The first-order valence-electron chi connectivity index (χ1n) is 8.08. The first-order chi connectivity index (χ1) is 11.3. The maximum atomic E-state index is 9.53. The Hall–Kier alpha value is -2.45. The lowest BCUT2D eigenvalue weighted by Gasteiger charge is -2.23. The zero-order valence-corrected chi connectivity index (χ0v) is 12.9. The molecule has 0 fully saturated rings. The average Bonchev–Trinajstić information content (AvgIpc) is 2.61. The fraction of sp³-hybridized carbons (Fsp3) is 0.389. The van der Waals surface area contributed by atoms with E-state index < -0.39 is 0 Å². The van der Waals surface area contributed by atoms with E-state index in [9.17, 15) is 5.26 Å². The number of nitriles is 1. The van der Waals surface area contributed by atoms with Crippen LogP contribution in [0.15, 0.2) is 18.2 Å². The summed E-state index contributed by atoms with van der Waals surface area (Å²) >= 11 is 0. The van der Waals surface area contributed by atoms with E-state index in [0.717, 1.165) is 36.2 Å². The predicted molar refractivity (Wildman–Crippen MR) is 84.1 cm³/mol. The Labute approximate surface area is 134 Å². The summed E-state index contributed by atoms with van der Waals surface area (Å²) in [5, 5.41) is 22.7. The van der Waals surface area contributed by atoms with Crippen molar-refractivity contribution >= 4 is 0 Å². The summed E-state index contributed by atoms with van der Waals surface area (Å²) in [4.78, 5) is 0. The van der Waals surface area contributed by atoms with Crippen molar-refractivity contribution in [3.8, 4) is 11.8 Å². The minimum absolute atomic E-state index is 0.187. The van der Waals surface area contributed by atoms with Crippen molar-refractivity contribution in [1.29, 1.82) is 10.7 Å². The highest BCUT2D eigenvalue weighted by molar-refractivity contribution is 5.48. The normalized spacial score (nSPS) is 16.3. The summed E-state index contributed by atoms with van der Waals surface area (Å²) in [6.45, 7) is 1.01. The Morgan fingerprint density at radius 3 is 2.91 bits per heavy atom. The molecule has 5 nitrogen and oxygen atoms in total. The van der Waals surface area contributed by atoms with Gasteiger partial charge in [-0.2, -0.15) is 10.4 Å². The van der Waals surface area contributed by atoms with E-state index in [1.807, 2.05) is 12.1 Å². The molecule has 5 heteroatoms. The lowest BCUT2D eigenvalue weighted by molar-refractivity contribution is 0.105. The standard InChI is InChI=1S/C18H18N4O/c19-10-15-14-8-9-23-11-16(14)21-22(18(15)20)17-7-3-5-12-4-1-2-6-13(12)17/h3,5,7,20H,1-2,4,6,8-9,11H2. The molecule has 0 amide bonds. The van der Waals surface area contributed by atoms with Crippen LogP contribution in [0.1, 0.15) is 40.8 Å². The monoisotopic (exact) mass is 306 g/mol. The molecule has 1 aromatic carbocycles. The average molecular weight is 306 g/mol. The molecule has 1 aliphatic carbocycles. The minimum atomic E-state index is 0.187. The van der Waals surface area contributed by atoms with Crippen LogP contribution < -0.4 is 5.49 Å². The van der Waals surface area contributed by atoms with Crippen molar-refractivity contribution < 1.29 is 4.74 Å². The molecule has 0 radical (unpaired) electrons. The van der Waals surface area contributed by atoms with Crippen molar-refractivity contribution in [3.05, 3.63) is 51.6 Å². The molecule has 0 saturated heterocycles. The number of hydrogen-bond acceptors (Lipinski definition) is 4. The molecule has 0 saturated carbocycles. The third-order valence-corrected chi connectivity index (χ3v) is 4.77. The molecule has 4 rings (SSSR count). The third-order valence-electron chi connectivity index (χ3n) is 4.77. The fourth-order valence-corrected chi connectivity index (χ4v) is 3.61. The zero-order valence-electron chi connectivity index (χ0n) is 12.9. The maximum absolute atomic E-state index is 9.53. The Bertz CT molecular complexity index is 876. The Balaban J connectivity index is 1.97. The highest BCUT2D eigenvalue weighted by Gasteiger charge is 2.21. The number of rotatable bonds is 1. The van der Waals surface area contributed by atoms with Gasteiger partial charge in [0.2, 0.25) is 0 Å². The first kappa shape index (κ1) is 14.2. The van der Waals surface area contributed by atoms with Crippen LogP contribution in [0, 0.1) is 16.7 Å². The first-order valence-corrected chi connectivity index (χ1v) is 8.08. The molecule has 2 aromatic rings. The van der Waals surface area contributed by atoms with Crippen LogP contribution in [0.4, 0.5) is 0 Å². The van der Waals surface area contributed by atoms with Crippen molar-refractivity contribution in [2.45, 2.75) is 38.7 Å². The van der Waals surface area contributed by atoms with Crippen LogP contribution >= 0.6 is 0 Å². The Morgan fingerprint density at radius 2 is 2.04 bits per heavy atom. The van der Waals surface area contributed by atoms with Gasteiger partial charge in [-0.15, -0.1) is 0 Å². The van der Waals surface area contributed by atoms with Gasteiger partial charge in [-0.05, 0) is 49.3 Å². The van der Waals surface area contributed by atoms with Crippen LogP contribution in [-0.4, -0.2) is 16.4 Å². The van der Waals surface area contributed by atoms with Gasteiger partial charge in [0, 0.05) is 5.56 Å². The number of fused-ring (bicyclic) bond motifs is 2. The Morgan fingerprint density at radius 1 is 1.17 bits per heavy atom. The van der Waals surface area contributed by atoms with Crippen LogP contribution in [0.5, 0.6) is 0 Å². The van der Waals surface area contributed by atoms with E-state index in [0.29, 0.717) is 25.2 Å². The second-order valence-electron chi connectivity index (χ2n) is 6.10. The Kier molecular flexibility index (Phi) is 3.47. The van der Waals surface area contributed by atoms with Gasteiger partial charge in [0.25, 0.3) is 0 Å². The van der Waals surface area contributed by atoms with Crippen molar-refractivity contribution in [1.82, 2.24) is 9.78 Å². The van der Waals surface area contributed by atoms with E-state index in [-0.39, 0.29) is 5.49 Å². The maximum Gasteiger partial charge on any atom is 0.165 e. The molecular formula is C18H18N4O. The van der Waals surface area contributed by atoms with Gasteiger partial charge in [-0.1, -0.05) is 12.1 Å². The van der Waals surface area contributed by atoms with Gasteiger partial charge in [-0.3, -0.25) is 5.41 Å². The highest BCUT2D eigenvalue weighted by atomic mass is 16.5. The number of aryl methyl sites for hydroxylation is 1. The third kappa shape index (κ3) is 2.27. The number of nitrogens with zero attached hydrogens (tertiary/aromatic N) is 3. The zero-order chi connectivity index (χ0) is 15.8. The summed E-state index contributed by atoms with van der Waals surface area (Å²) in [7, 11) is 0. The molecule has 1 aromatic heterocycles. The van der Waals surface area contributed by atoms with Crippen molar-refractivity contribution in [2.24, 2.45) is 0 Å². The van der Waals surface area contributed by atoms with Gasteiger partial charge in [0.15, 0.2) is 5.49 Å². The van der Waals surface area contributed by atoms with E-state index in [1.54, 1.807) is 4.68 Å². The van der Waals surface area contributed by atoms with Crippen LogP contribution in [0.25, 0.3) is 5.69 Å². The number of benzene rings is 1. The highest BCUT2D eigenvalue weighted by Crippen LogP contribution is 2.26. The number of aromatic nitrogens is 2. The minimum Gasteiger partial charge on any atom is -0.375 e. The summed E-state index contributed by atoms with van der Waals surface area (Å²) < 4.78 is 7.13. The molecule has 0 bridgehead atoms. The molecule has 1 N–H and O–H groups in total. The molecule has 23 heavy (non-hydrogen) atoms. The molecule has 116 valence electrons. The van der Waals surface area contributed by atoms with Gasteiger partial charge >= 0.3 is 0 Å². The summed E-state index contributed by atoms with van der Waals surface area (Å²) in [6.07, 6.45) is 5.12. The quantitative estimate of drug-likeness (QED) is 0.877. The van der Waals surface area contributed by atoms with Gasteiger partial charge in [-0.25, -0.2) is 4.68 Å². The van der Waals surface area contributed by atoms with E-state index in [2.05, 4.69) is 17.2 Å². The topological polar surface area (TPSA) is 74.7 Å². The largest absolute Gasteiger partial charge is 0.375 e. The summed E-state index contributed by atoms with van der Waals surface area (Å²) in [6, 6.07) is 8.40. The van der Waals surface area contributed by atoms with Gasteiger partial charge in [0.1, 0.15) is 11.6 Å². The summed E-state index contributed by atoms with van der Waals surface area (Å²) in [5.74, 6) is 0.